The van der Waals surface area contributed by atoms with Gasteiger partial charge in [-0.15, -0.1) is 0 Å². The molecule has 2 atom stereocenters. The fraction of sp³-hybridized carbons (Fsp3) is 0.800. The molecule has 1 aliphatic heterocycles. The molecule has 6 nitrogen and oxygen atoms in total. The Labute approximate surface area is 99.6 Å². The van der Waals surface area contributed by atoms with E-state index in [9.17, 15) is 18.0 Å². The van der Waals surface area contributed by atoms with Crippen LogP contribution in [-0.4, -0.2) is 40.5 Å². The molecule has 1 aliphatic carbocycles. The third-order valence-electron chi connectivity index (χ3n) is 3.72. The molecular formula is C10H15NO5S. The van der Waals surface area contributed by atoms with E-state index in [0.29, 0.717) is 19.3 Å². The maximum absolute atomic E-state index is 11.9. The van der Waals surface area contributed by atoms with Crippen molar-refractivity contribution in [3.05, 3.63) is 0 Å². The SMILES string of the molecule is CC1(C)C(=O)N(C2CCCC2C(=O)O)S1(=O)=O. The van der Waals surface area contributed by atoms with Crippen LogP contribution in [0.4, 0.5) is 0 Å². The van der Waals surface area contributed by atoms with Crippen molar-refractivity contribution in [1.29, 1.82) is 0 Å². The average Bonchev–Trinajstić information content (AvgIpc) is 2.65. The van der Waals surface area contributed by atoms with Gasteiger partial charge in [-0.05, 0) is 26.7 Å². The smallest absolute Gasteiger partial charge is 0.308 e. The molecule has 1 amide bonds. The van der Waals surface area contributed by atoms with Crippen LogP contribution in [-0.2, 0) is 19.6 Å². The summed E-state index contributed by atoms with van der Waals surface area (Å²) in [5.74, 6) is -2.28. The molecular weight excluding hydrogens is 246 g/mol. The molecule has 1 saturated carbocycles. The topological polar surface area (TPSA) is 91.8 Å². The number of nitrogens with zero attached hydrogens (tertiary/aromatic N) is 1. The molecule has 7 heteroatoms. The van der Waals surface area contributed by atoms with Crippen LogP contribution in [0.5, 0.6) is 0 Å². The maximum atomic E-state index is 11.9. The Bertz CT molecular complexity index is 481. The van der Waals surface area contributed by atoms with Gasteiger partial charge in [0.05, 0.1) is 12.0 Å². The van der Waals surface area contributed by atoms with Crippen LogP contribution in [0.25, 0.3) is 0 Å². The van der Waals surface area contributed by atoms with Gasteiger partial charge in [0.15, 0.2) is 4.75 Å². The van der Waals surface area contributed by atoms with Crippen LogP contribution in [0, 0.1) is 5.92 Å². The monoisotopic (exact) mass is 261 g/mol. The molecule has 0 spiro atoms. The van der Waals surface area contributed by atoms with Gasteiger partial charge in [0.1, 0.15) is 0 Å². The normalized spacial score (nSPS) is 34.5. The van der Waals surface area contributed by atoms with Gasteiger partial charge in [-0.1, -0.05) is 6.42 Å². The van der Waals surface area contributed by atoms with Crippen LogP contribution >= 0.6 is 0 Å². The summed E-state index contributed by atoms with van der Waals surface area (Å²) < 4.78 is 23.3. The first-order chi connectivity index (χ1) is 7.71. The number of amides is 1. The molecule has 1 N–H and O–H groups in total. The summed E-state index contributed by atoms with van der Waals surface area (Å²) in [5.41, 5.74) is 0. The van der Waals surface area contributed by atoms with Crippen LogP contribution < -0.4 is 0 Å². The second-order valence-electron chi connectivity index (χ2n) is 5.06. The molecule has 17 heavy (non-hydrogen) atoms. The van der Waals surface area contributed by atoms with Crippen molar-refractivity contribution in [2.45, 2.75) is 43.9 Å². The van der Waals surface area contributed by atoms with Crippen molar-refractivity contribution >= 4 is 21.9 Å². The lowest BCUT2D eigenvalue weighted by Crippen LogP contribution is -2.70. The van der Waals surface area contributed by atoms with Crippen molar-refractivity contribution in [2.24, 2.45) is 5.92 Å². The van der Waals surface area contributed by atoms with Crippen molar-refractivity contribution in [3.8, 4) is 0 Å². The van der Waals surface area contributed by atoms with Crippen LogP contribution in [0.1, 0.15) is 33.1 Å². The summed E-state index contributed by atoms with van der Waals surface area (Å²) in [4.78, 5) is 22.8. The fourth-order valence-corrected chi connectivity index (χ4v) is 4.26. The van der Waals surface area contributed by atoms with Gasteiger partial charge < -0.3 is 5.11 Å². The standard InChI is InChI=1S/C10H15NO5S/c1-10(2)9(14)11(17(10,15)16)7-5-3-4-6(7)8(12)13/h6-7H,3-5H2,1-2H3,(H,12,13). The molecule has 0 radical (unpaired) electrons. The van der Waals surface area contributed by atoms with E-state index in [1.54, 1.807) is 0 Å². The number of carboxylic acid groups (broad SMARTS) is 1. The molecule has 1 saturated heterocycles. The Hall–Kier alpha value is -1.11. The van der Waals surface area contributed by atoms with Crippen LogP contribution in [0.2, 0.25) is 0 Å². The predicted octanol–water partition coefficient (Wildman–Crippen LogP) is 0.190. The fourth-order valence-electron chi connectivity index (χ4n) is 2.53. The molecule has 2 unspecified atom stereocenters. The highest BCUT2D eigenvalue weighted by molar-refractivity contribution is 7.94. The van der Waals surface area contributed by atoms with Crippen molar-refractivity contribution in [3.63, 3.8) is 0 Å². The molecule has 2 aliphatic rings. The van der Waals surface area contributed by atoms with Gasteiger partial charge in [0, 0.05) is 0 Å². The van der Waals surface area contributed by atoms with Crippen molar-refractivity contribution < 1.29 is 23.1 Å². The van der Waals surface area contributed by atoms with E-state index in [-0.39, 0.29) is 0 Å². The van der Waals surface area contributed by atoms with Gasteiger partial charge in [0.2, 0.25) is 0 Å². The minimum atomic E-state index is -3.68. The highest BCUT2D eigenvalue weighted by atomic mass is 32.2. The quantitative estimate of drug-likeness (QED) is 0.766. The van der Waals surface area contributed by atoms with Crippen molar-refractivity contribution in [2.75, 3.05) is 0 Å². The zero-order valence-corrected chi connectivity index (χ0v) is 10.5. The van der Waals surface area contributed by atoms with Gasteiger partial charge in [-0.3, -0.25) is 9.59 Å². The molecule has 0 aromatic heterocycles. The third-order valence-corrected chi connectivity index (χ3v) is 6.14. The Kier molecular flexibility index (Phi) is 2.50. The van der Waals surface area contributed by atoms with E-state index < -0.39 is 38.6 Å². The largest absolute Gasteiger partial charge is 0.481 e. The molecule has 2 fully saturated rings. The minimum absolute atomic E-state index is 0.430. The predicted molar refractivity (Wildman–Crippen MR) is 58.6 cm³/mol. The summed E-state index contributed by atoms with van der Waals surface area (Å²) in [6.07, 6.45) is 1.51. The Morgan fingerprint density at radius 2 is 2.00 bits per heavy atom. The molecule has 0 aromatic rings. The molecule has 2 rings (SSSR count). The van der Waals surface area contributed by atoms with E-state index in [1.165, 1.54) is 13.8 Å². The first-order valence-electron chi connectivity index (χ1n) is 5.52. The van der Waals surface area contributed by atoms with E-state index in [4.69, 9.17) is 5.11 Å². The first-order valence-corrected chi connectivity index (χ1v) is 6.96. The third kappa shape index (κ3) is 1.41. The van der Waals surface area contributed by atoms with Gasteiger partial charge in [-0.25, -0.2) is 12.7 Å². The summed E-state index contributed by atoms with van der Waals surface area (Å²) >= 11 is 0. The number of carbonyl (C=O) groups is 2. The van der Waals surface area contributed by atoms with E-state index in [0.717, 1.165) is 4.31 Å². The molecule has 96 valence electrons. The van der Waals surface area contributed by atoms with Gasteiger partial charge in [0.25, 0.3) is 15.9 Å². The molecule has 0 bridgehead atoms. The second-order valence-corrected chi connectivity index (χ2v) is 7.42. The Balaban J connectivity index is 2.32. The number of hydrogen-bond donors (Lipinski definition) is 1. The van der Waals surface area contributed by atoms with Crippen LogP contribution in [0.3, 0.4) is 0 Å². The number of carboxylic acids is 1. The minimum Gasteiger partial charge on any atom is -0.481 e. The lowest BCUT2D eigenvalue weighted by Gasteiger charge is -2.47. The zero-order valence-electron chi connectivity index (χ0n) is 9.71. The number of aliphatic carboxylic acids is 1. The summed E-state index contributed by atoms with van der Waals surface area (Å²) in [6, 6.07) is -0.696. The van der Waals surface area contributed by atoms with E-state index in [1.807, 2.05) is 0 Å². The summed E-state index contributed by atoms with van der Waals surface area (Å²) in [7, 11) is -3.68. The average molecular weight is 261 g/mol. The second kappa shape index (κ2) is 3.44. The number of rotatable bonds is 2. The lowest BCUT2D eigenvalue weighted by molar-refractivity contribution is -0.144. The van der Waals surface area contributed by atoms with Crippen LogP contribution in [0.15, 0.2) is 0 Å². The van der Waals surface area contributed by atoms with E-state index >= 15 is 0 Å². The number of hydrogen-bond acceptors (Lipinski definition) is 4. The van der Waals surface area contributed by atoms with Gasteiger partial charge in [-0.2, -0.15) is 0 Å². The van der Waals surface area contributed by atoms with Gasteiger partial charge >= 0.3 is 5.97 Å². The summed E-state index contributed by atoms with van der Waals surface area (Å²) in [6.45, 7) is 2.71. The Morgan fingerprint density at radius 1 is 1.41 bits per heavy atom. The molecule has 1 heterocycles. The molecule has 0 aromatic carbocycles. The van der Waals surface area contributed by atoms with Crippen molar-refractivity contribution in [1.82, 2.24) is 4.31 Å². The zero-order chi connectivity index (χ0) is 13.0. The first kappa shape index (κ1) is 12.3. The number of carbonyl (C=O) groups excluding carboxylic acids is 1. The maximum Gasteiger partial charge on any atom is 0.308 e. The lowest BCUT2D eigenvalue weighted by atomic mass is 10.0. The Morgan fingerprint density at radius 3 is 2.47 bits per heavy atom. The highest BCUT2D eigenvalue weighted by Crippen LogP contribution is 2.42. The highest BCUT2D eigenvalue weighted by Gasteiger charge is 2.64. The number of sulfonamides is 1. The summed E-state index contributed by atoms with van der Waals surface area (Å²) in [5, 5.41) is 9.01. The van der Waals surface area contributed by atoms with E-state index in [2.05, 4.69) is 0 Å².